The molecule has 0 spiro atoms. The van der Waals surface area contributed by atoms with Crippen molar-refractivity contribution in [1.82, 2.24) is 5.32 Å². The van der Waals surface area contributed by atoms with Crippen molar-refractivity contribution in [1.29, 1.82) is 0 Å². The normalized spacial score (nSPS) is 15.6. The highest BCUT2D eigenvalue weighted by atomic mass is 16.5. The van der Waals surface area contributed by atoms with E-state index in [2.05, 4.69) is 5.32 Å². The maximum absolute atomic E-state index is 11.8. The molecule has 94 valence electrons. The second-order valence-electron chi connectivity index (χ2n) is 4.74. The Hall–Kier alpha value is -1.81. The van der Waals surface area contributed by atoms with Gasteiger partial charge in [-0.15, -0.1) is 0 Å². The molecule has 0 radical (unpaired) electrons. The number of carbonyl (C=O) groups is 1. The summed E-state index contributed by atoms with van der Waals surface area (Å²) in [5, 5.41) is 3.94. The lowest BCUT2D eigenvalue weighted by Crippen LogP contribution is -2.49. The number of hydrogen-bond donors (Lipinski definition) is 1. The topological polar surface area (TPSA) is 51.5 Å². The zero-order chi connectivity index (χ0) is 12.5. The van der Waals surface area contributed by atoms with Crippen molar-refractivity contribution >= 4 is 16.9 Å². The second kappa shape index (κ2) is 4.46. The molecular formula is C14H15NO3. The molecule has 1 saturated heterocycles. The molecule has 1 amide bonds. The van der Waals surface area contributed by atoms with Crippen molar-refractivity contribution in [3.63, 3.8) is 0 Å². The van der Waals surface area contributed by atoms with Crippen LogP contribution in [0.1, 0.15) is 11.1 Å². The number of furan rings is 1. The monoisotopic (exact) mass is 245 g/mol. The molecule has 1 aliphatic rings. The lowest BCUT2D eigenvalue weighted by molar-refractivity contribution is -0.124. The summed E-state index contributed by atoms with van der Waals surface area (Å²) in [5.74, 6) is 0.0200. The van der Waals surface area contributed by atoms with E-state index in [0.717, 1.165) is 22.1 Å². The fraction of sp³-hybridized carbons (Fsp3) is 0.357. The molecule has 0 atom stereocenters. The largest absolute Gasteiger partial charge is 0.464 e. The Balaban J connectivity index is 1.75. The van der Waals surface area contributed by atoms with Gasteiger partial charge in [-0.2, -0.15) is 0 Å². The van der Waals surface area contributed by atoms with Crippen LogP contribution in [0.25, 0.3) is 11.0 Å². The minimum Gasteiger partial charge on any atom is -0.464 e. The first-order valence-electron chi connectivity index (χ1n) is 6.06. The van der Waals surface area contributed by atoms with Crippen LogP contribution in [0.2, 0.25) is 0 Å². The molecular weight excluding hydrogens is 230 g/mol. The summed E-state index contributed by atoms with van der Waals surface area (Å²) in [6, 6.07) is 6.19. The Bertz CT molecular complexity index is 584. The number of fused-ring (bicyclic) bond motifs is 1. The van der Waals surface area contributed by atoms with Gasteiger partial charge < -0.3 is 14.5 Å². The van der Waals surface area contributed by atoms with E-state index >= 15 is 0 Å². The molecule has 1 aliphatic heterocycles. The average Bonchev–Trinajstić information content (AvgIpc) is 2.66. The van der Waals surface area contributed by atoms with E-state index in [9.17, 15) is 4.79 Å². The fourth-order valence-electron chi connectivity index (χ4n) is 2.10. The van der Waals surface area contributed by atoms with Crippen molar-refractivity contribution < 1.29 is 13.9 Å². The van der Waals surface area contributed by atoms with Crippen LogP contribution < -0.4 is 5.32 Å². The third-order valence-corrected chi connectivity index (χ3v) is 3.17. The fourth-order valence-corrected chi connectivity index (χ4v) is 2.10. The van der Waals surface area contributed by atoms with Crippen molar-refractivity contribution in [2.75, 3.05) is 13.2 Å². The van der Waals surface area contributed by atoms with Crippen LogP contribution in [-0.4, -0.2) is 25.2 Å². The molecule has 0 unspecified atom stereocenters. The molecule has 0 saturated carbocycles. The zero-order valence-corrected chi connectivity index (χ0v) is 10.2. The van der Waals surface area contributed by atoms with Crippen molar-refractivity contribution in [2.45, 2.75) is 19.4 Å². The third-order valence-electron chi connectivity index (χ3n) is 3.17. The summed E-state index contributed by atoms with van der Waals surface area (Å²) in [7, 11) is 0. The van der Waals surface area contributed by atoms with Gasteiger partial charge in [-0.3, -0.25) is 4.79 Å². The molecule has 4 nitrogen and oxygen atoms in total. The predicted octanol–water partition coefficient (Wildman–Crippen LogP) is 1.80. The number of nitrogens with one attached hydrogen (secondary N) is 1. The standard InChI is InChI=1S/C14H15NO3/c1-9-2-3-12-10(6-18-13(12)4-9)5-14(16)15-11-7-17-8-11/h2-4,6,11H,5,7-8H2,1H3,(H,15,16). The van der Waals surface area contributed by atoms with Crippen LogP contribution in [-0.2, 0) is 16.0 Å². The van der Waals surface area contributed by atoms with Gasteiger partial charge in [-0.1, -0.05) is 12.1 Å². The van der Waals surface area contributed by atoms with Gasteiger partial charge in [0.1, 0.15) is 5.58 Å². The molecule has 18 heavy (non-hydrogen) atoms. The summed E-state index contributed by atoms with van der Waals surface area (Å²) >= 11 is 0. The van der Waals surface area contributed by atoms with Crippen LogP contribution in [0.3, 0.4) is 0 Å². The van der Waals surface area contributed by atoms with Gasteiger partial charge in [0.05, 0.1) is 31.9 Å². The van der Waals surface area contributed by atoms with Gasteiger partial charge in [0.25, 0.3) is 0 Å². The van der Waals surface area contributed by atoms with E-state index in [-0.39, 0.29) is 11.9 Å². The Morgan fingerprint density at radius 3 is 3.00 bits per heavy atom. The average molecular weight is 245 g/mol. The first-order valence-corrected chi connectivity index (χ1v) is 6.06. The number of hydrogen-bond acceptors (Lipinski definition) is 3. The van der Waals surface area contributed by atoms with Crippen molar-refractivity contribution in [3.05, 3.63) is 35.6 Å². The quantitative estimate of drug-likeness (QED) is 0.897. The maximum Gasteiger partial charge on any atom is 0.224 e. The molecule has 0 aliphatic carbocycles. The van der Waals surface area contributed by atoms with Crippen LogP contribution in [0.5, 0.6) is 0 Å². The Labute approximate surface area is 105 Å². The Kier molecular flexibility index (Phi) is 2.80. The van der Waals surface area contributed by atoms with E-state index in [4.69, 9.17) is 9.15 Å². The van der Waals surface area contributed by atoms with Crippen molar-refractivity contribution in [3.8, 4) is 0 Å². The Morgan fingerprint density at radius 1 is 1.44 bits per heavy atom. The molecule has 3 rings (SSSR count). The van der Waals surface area contributed by atoms with Crippen LogP contribution in [0.15, 0.2) is 28.9 Å². The molecule has 1 aromatic carbocycles. The highest BCUT2D eigenvalue weighted by Gasteiger charge is 2.21. The molecule has 4 heteroatoms. The summed E-state index contributed by atoms with van der Waals surface area (Å²) in [6.45, 7) is 3.26. The van der Waals surface area contributed by atoms with E-state index in [0.29, 0.717) is 19.6 Å². The second-order valence-corrected chi connectivity index (χ2v) is 4.74. The first-order chi connectivity index (χ1) is 8.72. The van der Waals surface area contributed by atoms with Crippen LogP contribution >= 0.6 is 0 Å². The van der Waals surface area contributed by atoms with Gasteiger partial charge in [0, 0.05) is 10.9 Å². The summed E-state index contributed by atoms with van der Waals surface area (Å²) in [4.78, 5) is 11.8. The smallest absolute Gasteiger partial charge is 0.224 e. The van der Waals surface area contributed by atoms with Gasteiger partial charge in [-0.25, -0.2) is 0 Å². The van der Waals surface area contributed by atoms with E-state index in [1.807, 2.05) is 25.1 Å². The first kappa shape index (κ1) is 11.3. The molecule has 1 aromatic heterocycles. The zero-order valence-electron chi connectivity index (χ0n) is 10.2. The minimum absolute atomic E-state index is 0.0200. The molecule has 0 bridgehead atoms. The Morgan fingerprint density at radius 2 is 2.28 bits per heavy atom. The number of aryl methyl sites for hydroxylation is 1. The SMILES string of the molecule is Cc1ccc2c(CC(=O)NC3COC3)coc2c1. The lowest BCUT2D eigenvalue weighted by atomic mass is 10.1. The van der Waals surface area contributed by atoms with Gasteiger partial charge in [0.2, 0.25) is 5.91 Å². The minimum atomic E-state index is 0.0200. The number of benzene rings is 1. The molecule has 1 N–H and O–H groups in total. The van der Waals surface area contributed by atoms with Crippen LogP contribution in [0.4, 0.5) is 0 Å². The molecule has 1 fully saturated rings. The summed E-state index contributed by atoms with van der Waals surface area (Å²) in [5.41, 5.74) is 2.92. The number of rotatable bonds is 3. The number of carbonyl (C=O) groups excluding carboxylic acids is 1. The van der Waals surface area contributed by atoms with Crippen molar-refractivity contribution in [2.24, 2.45) is 0 Å². The highest BCUT2D eigenvalue weighted by molar-refractivity contribution is 5.88. The van der Waals surface area contributed by atoms with E-state index in [1.54, 1.807) is 6.26 Å². The van der Waals surface area contributed by atoms with E-state index in [1.165, 1.54) is 0 Å². The van der Waals surface area contributed by atoms with Gasteiger partial charge >= 0.3 is 0 Å². The summed E-state index contributed by atoms with van der Waals surface area (Å²) in [6.07, 6.45) is 2.02. The maximum atomic E-state index is 11.8. The highest BCUT2D eigenvalue weighted by Crippen LogP contribution is 2.22. The third kappa shape index (κ3) is 2.11. The molecule has 2 heterocycles. The number of ether oxygens (including phenoxy) is 1. The predicted molar refractivity (Wildman–Crippen MR) is 67.4 cm³/mol. The lowest BCUT2D eigenvalue weighted by Gasteiger charge is -2.26. The van der Waals surface area contributed by atoms with Gasteiger partial charge in [0.15, 0.2) is 0 Å². The number of amides is 1. The summed E-state index contributed by atoms with van der Waals surface area (Å²) < 4.78 is 10.5. The van der Waals surface area contributed by atoms with Crippen LogP contribution in [0, 0.1) is 6.92 Å². The molecule has 2 aromatic rings. The van der Waals surface area contributed by atoms with Gasteiger partial charge in [-0.05, 0) is 18.6 Å². The van der Waals surface area contributed by atoms with E-state index < -0.39 is 0 Å².